The van der Waals surface area contributed by atoms with E-state index in [-0.39, 0.29) is 23.1 Å². The summed E-state index contributed by atoms with van der Waals surface area (Å²) in [4.78, 5) is 37.3. The zero-order valence-electron chi connectivity index (χ0n) is 18.3. The first-order valence-electron chi connectivity index (χ1n) is 10.2. The van der Waals surface area contributed by atoms with E-state index in [1.807, 2.05) is 6.07 Å². The molecule has 0 atom stereocenters. The Labute approximate surface area is 204 Å². The van der Waals surface area contributed by atoms with E-state index in [0.29, 0.717) is 32.4 Å². The lowest BCUT2D eigenvalue weighted by atomic mass is 10.1. The Morgan fingerprint density at radius 1 is 1.06 bits per heavy atom. The summed E-state index contributed by atoms with van der Waals surface area (Å²) < 4.78 is 6.96. The number of thioether (sulfide) groups is 1. The van der Waals surface area contributed by atoms with E-state index in [4.69, 9.17) is 16.3 Å². The van der Waals surface area contributed by atoms with Crippen LogP contribution in [0.2, 0.25) is 5.02 Å². The summed E-state index contributed by atoms with van der Waals surface area (Å²) in [6.07, 6.45) is 0.0675. The smallest absolute Gasteiger partial charge is 0.269 e. The molecular formula is C25H19ClN2O5S. The maximum atomic E-state index is 13.4. The van der Waals surface area contributed by atoms with E-state index in [2.05, 4.69) is 0 Å². The van der Waals surface area contributed by atoms with Crippen LogP contribution in [0.3, 0.4) is 0 Å². The highest BCUT2D eigenvalue weighted by molar-refractivity contribution is 8.13. The van der Waals surface area contributed by atoms with Gasteiger partial charge in [0.05, 0.1) is 17.5 Å². The van der Waals surface area contributed by atoms with Gasteiger partial charge in [-0.15, -0.1) is 0 Å². The third-order valence-corrected chi connectivity index (χ3v) is 6.57. The Morgan fingerprint density at radius 2 is 1.74 bits per heavy atom. The number of aromatic nitrogens is 1. The molecule has 0 N–H and O–H groups in total. The van der Waals surface area contributed by atoms with Gasteiger partial charge >= 0.3 is 0 Å². The van der Waals surface area contributed by atoms with Gasteiger partial charge in [-0.1, -0.05) is 23.4 Å². The monoisotopic (exact) mass is 494 g/mol. The number of ether oxygens (including phenoxy) is 1. The number of carbonyl (C=O) groups excluding carboxylic acids is 2. The van der Waals surface area contributed by atoms with E-state index in [1.54, 1.807) is 67.1 Å². The van der Waals surface area contributed by atoms with Gasteiger partial charge in [-0.05, 0) is 67.1 Å². The third-order valence-electron chi connectivity index (χ3n) is 5.44. The van der Waals surface area contributed by atoms with Crippen LogP contribution in [0.25, 0.3) is 10.9 Å². The predicted molar refractivity (Wildman–Crippen MR) is 132 cm³/mol. The average molecular weight is 495 g/mol. The van der Waals surface area contributed by atoms with Crippen molar-refractivity contribution in [3.05, 3.63) is 98.7 Å². The molecule has 3 aromatic carbocycles. The van der Waals surface area contributed by atoms with Gasteiger partial charge in [0, 0.05) is 45.1 Å². The first-order valence-corrected chi connectivity index (χ1v) is 11.4. The summed E-state index contributed by atoms with van der Waals surface area (Å²) in [6.45, 7) is 1.81. The molecule has 1 heterocycles. The number of nitro benzene ring substituents is 1. The lowest BCUT2D eigenvalue weighted by molar-refractivity contribution is -0.384. The van der Waals surface area contributed by atoms with E-state index >= 15 is 0 Å². The van der Waals surface area contributed by atoms with Gasteiger partial charge in [-0.25, -0.2) is 0 Å². The fourth-order valence-electron chi connectivity index (χ4n) is 3.74. The molecule has 4 aromatic rings. The zero-order chi connectivity index (χ0) is 24.4. The van der Waals surface area contributed by atoms with Crippen molar-refractivity contribution in [1.29, 1.82) is 0 Å². The van der Waals surface area contributed by atoms with E-state index in [1.165, 1.54) is 12.1 Å². The second kappa shape index (κ2) is 9.70. The third kappa shape index (κ3) is 4.69. The Balaban J connectivity index is 1.70. The average Bonchev–Trinajstić information content (AvgIpc) is 3.09. The van der Waals surface area contributed by atoms with Crippen LogP contribution in [-0.4, -0.2) is 27.6 Å². The number of carbonyl (C=O) groups is 2. The van der Waals surface area contributed by atoms with Crippen molar-refractivity contribution in [2.24, 2.45) is 0 Å². The Kier molecular flexibility index (Phi) is 6.72. The number of fused-ring (bicyclic) bond motifs is 1. The van der Waals surface area contributed by atoms with Crippen molar-refractivity contribution in [2.75, 3.05) is 7.11 Å². The van der Waals surface area contributed by atoms with Crippen LogP contribution in [0.1, 0.15) is 21.6 Å². The van der Waals surface area contributed by atoms with Crippen LogP contribution in [0, 0.1) is 17.0 Å². The molecule has 0 radical (unpaired) electrons. The molecule has 9 heteroatoms. The minimum absolute atomic E-state index is 0.0384. The standard InChI is InChI=1S/C25H19ClN2O5S/c1-15-21(14-24(29)34-20-10-7-18(8-11-20)28(31)32)22-13-19(33-2)9-12-23(22)27(15)25(30)16-3-5-17(26)6-4-16/h3-13H,14H2,1-2H3. The highest BCUT2D eigenvalue weighted by atomic mass is 35.5. The summed E-state index contributed by atoms with van der Waals surface area (Å²) >= 11 is 6.97. The Morgan fingerprint density at radius 3 is 2.35 bits per heavy atom. The van der Waals surface area contributed by atoms with Gasteiger partial charge in [0.15, 0.2) is 5.12 Å². The fourth-order valence-corrected chi connectivity index (χ4v) is 4.62. The Bertz CT molecular complexity index is 1410. The molecular weight excluding hydrogens is 476 g/mol. The minimum Gasteiger partial charge on any atom is -0.497 e. The molecule has 0 bridgehead atoms. The summed E-state index contributed by atoms with van der Waals surface area (Å²) in [5.41, 5.74) is 2.47. The largest absolute Gasteiger partial charge is 0.497 e. The molecule has 0 saturated carbocycles. The number of benzene rings is 3. The molecule has 1 aromatic heterocycles. The number of hydrogen-bond acceptors (Lipinski definition) is 6. The molecule has 4 rings (SSSR count). The quantitative estimate of drug-likeness (QED) is 0.183. The van der Waals surface area contributed by atoms with Crippen LogP contribution < -0.4 is 4.74 Å². The van der Waals surface area contributed by atoms with E-state index < -0.39 is 4.92 Å². The summed E-state index contributed by atoms with van der Waals surface area (Å²) in [7, 11) is 1.55. The fraction of sp³-hybridized carbons (Fsp3) is 0.120. The van der Waals surface area contributed by atoms with Gasteiger partial charge < -0.3 is 4.74 Å². The molecule has 0 saturated heterocycles. The second-order valence-corrected chi connectivity index (χ2v) is 9.06. The minimum atomic E-state index is -0.487. The van der Waals surface area contributed by atoms with Crippen LogP contribution in [0.5, 0.6) is 5.75 Å². The SMILES string of the molecule is COc1ccc2c(c1)c(CC(=O)Sc1ccc([N+](=O)[O-])cc1)c(C)n2C(=O)c1ccc(Cl)cc1. The van der Waals surface area contributed by atoms with Gasteiger partial charge in [0.1, 0.15) is 5.75 Å². The molecule has 0 unspecified atom stereocenters. The molecule has 0 fully saturated rings. The first-order chi connectivity index (χ1) is 16.3. The number of nitro groups is 1. The highest BCUT2D eigenvalue weighted by Crippen LogP contribution is 2.32. The van der Waals surface area contributed by atoms with Crippen molar-refractivity contribution in [1.82, 2.24) is 4.57 Å². The number of hydrogen-bond donors (Lipinski definition) is 0. The maximum absolute atomic E-state index is 13.4. The lowest BCUT2D eigenvalue weighted by Crippen LogP contribution is -2.14. The lowest BCUT2D eigenvalue weighted by Gasteiger charge is -2.08. The molecule has 0 aliphatic rings. The molecule has 0 aliphatic heterocycles. The van der Waals surface area contributed by atoms with E-state index in [0.717, 1.165) is 22.7 Å². The first kappa shape index (κ1) is 23.5. The van der Waals surface area contributed by atoms with Gasteiger partial charge in [-0.2, -0.15) is 0 Å². The molecule has 34 heavy (non-hydrogen) atoms. The Hall–Kier alpha value is -3.62. The highest BCUT2D eigenvalue weighted by Gasteiger charge is 2.22. The number of non-ortho nitro benzene ring substituents is 1. The summed E-state index contributed by atoms with van der Waals surface area (Å²) in [6, 6.07) is 17.8. The van der Waals surface area contributed by atoms with Gasteiger partial charge in [0.25, 0.3) is 11.6 Å². The maximum Gasteiger partial charge on any atom is 0.269 e. The van der Waals surface area contributed by atoms with Crippen molar-refractivity contribution in [3.8, 4) is 5.75 Å². The molecule has 7 nitrogen and oxygen atoms in total. The van der Waals surface area contributed by atoms with Crippen molar-refractivity contribution in [3.63, 3.8) is 0 Å². The summed E-state index contributed by atoms with van der Waals surface area (Å²) in [5.74, 6) is 0.381. The second-order valence-electron chi connectivity index (χ2n) is 7.50. The van der Waals surface area contributed by atoms with Gasteiger partial charge in [0.2, 0.25) is 0 Å². The molecule has 172 valence electrons. The van der Waals surface area contributed by atoms with Crippen molar-refractivity contribution in [2.45, 2.75) is 18.2 Å². The normalized spacial score (nSPS) is 10.9. The number of nitrogens with zero attached hydrogens (tertiary/aromatic N) is 2. The van der Waals surface area contributed by atoms with Crippen LogP contribution in [0.4, 0.5) is 5.69 Å². The van der Waals surface area contributed by atoms with Crippen LogP contribution in [0.15, 0.2) is 71.6 Å². The van der Waals surface area contributed by atoms with Gasteiger partial charge in [-0.3, -0.25) is 24.3 Å². The van der Waals surface area contributed by atoms with Crippen LogP contribution >= 0.6 is 23.4 Å². The van der Waals surface area contributed by atoms with Crippen LogP contribution in [-0.2, 0) is 11.2 Å². The molecule has 0 aliphatic carbocycles. The van der Waals surface area contributed by atoms with Crippen molar-refractivity contribution < 1.29 is 19.2 Å². The topological polar surface area (TPSA) is 91.4 Å². The number of methoxy groups -OCH3 is 1. The molecule has 0 spiro atoms. The predicted octanol–water partition coefficient (Wildman–Crippen LogP) is 6.07. The zero-order valence-corrected chi connectivity index (χ0v) is 19.9. The number of rotatable bonds is 6. The summed E-state index contributed by atoms with van der Waals surface area (Å²) in [5, 5.41) is 12.0. The van der Waals surface area contributed by atoms with E-state index in [9.17, 15) is 19.7 Å². The van der Waals surface area contributed by atoms with Crippen molar-refractivity contribution >= 4 is 51.0 Å². The molecule has 0 amide bonds. The number of halogens is 1.